The molecule has 0 bridgehead atoms. The predicted octanol–water partition coefficient (Wildman–Crippen LogP) is 3.92. The number of carbonyl (C=O) groups excluding carboxylic acids is 1. The lowest BCUT2D eigenvalue weighted by molar-refractivity contribution is -0.144. The molecule has 1 fully saturated rings. The first-order valence-corrected chi connectivity index (χ1v) is 9.79. The van der Waals surface area contributed by atoms with Crippen LogP contribution in [0.25, 0.3) is 0 Å². The minimum absolute atomic E-state index is 0.127. The predicted molar refractivity (Wildman–Crippen MR) is 86.7 cm³/mol. The van der Waals surface area contributed by atoms with Gasteiger partial charge in [0, 0.05) is 6.42 Å². The molecule has 0 unspecified atom stereocenters. The van der Waals surface area contributed by atoms with Gasteiger partial charge in [0.15, 0.2) is 0 Å². The van der Waals surface area contributed by atoms with Gasteiger partial charge in [0.1, 0.15) is 0 Å². The van der Waals surface area contributed by atoms with E-state index >= 15 is 0 Å². The first-order valence-electron chi connectivity index (χ1n) is 8.38. The number of carbonyl (C=O) groups is 1. The van der Waals surface area contributed by atoms with Crippen molar-refractivity contribution in [2.75, 3.05) is 6.61 Å². The van der Waals surface area contributed by atoms with Crippen molar-refractivity contribution in [2.24, 2.45) is 5.92 Å². The molecule has 9 heteroatoms. The van der Waals surface area contributed by atoms with Crippen molar-refractivity contribution < 1.29 is 35.3 Å². The van der Waals surface area contributed by atoms with Crippen LogP contribution in [-0.2, 0) is 30.0 Å². The van der Waals surface area contributed by atoms with Gasteiger partial charge >= 0.3 is 12.1 Å². The summed E-state index contributed by atoms with van der Waals surface area (Å²) in [5.41, 5.74) is -0.920. The van der Waals surface area contributed by atoms with Crippen LogP contribution in [0.1, 0.15) is 44.6 Å². The van der Waals surface area contributed by atoms with E-state index in [-0.39, 0.29) is 16.8 Å². The molecule has 0 N–H and O–H groups in total. The highest BCUT2D eigenvalue weighted by Gasteiger charge is 2.32. The molecule has 5 nitrogen and oxygen atoms in total. The third kappa shape index (κ3) is 5.70. The summed E-state index contributed by atoms with van der Waals surface area (Å²) in [5, 5.41) is 0. The summed E-state index contributed by atoms with van der Waals surface area (Å²) in [6, 6.07) is 3.22. The van der Waals surface area contributed by atoms with Crippen LogP contribution in [0.4, 0.5) is 13.2 Å². The first-order chi connectivity index (χ1) is 12.1. The summed E-state index contributed by atoms with van der Waals surface area (Å²) in [7, 11) is -4.13. The summed E-state index contributed by atoms with van der Waals surface area (Å²) in [5.74, 6) is -0.142. The Morgan fingerprint density at radius 3 is 2.19 bits per heavy atom. The standard InChI is InChI=1S/C17H21F3O5S/c1-2-24-16(21)11-12-3-7-14(8-4-12)25-26(22,23)15-9-5-13(6-10-15)17(18,19)20/h5-6,9-10,12,14H,2-4,7-8,11H2,1H3. The van der Waals surface area contributed by atoms with Gasteiger partial charge in [0.2, 0.25) is 0 Å². The fourth-order valence-corrected chi connectivity index (χ4v) is 4.06. The molecule has 1 saturated carbocycles. The monoisotopic (exact) mass is 394 g/mol. The van der Waals surface area contributed by atoms with Crippen LogP contribution in [0.15, 0.2) is 29.2 Å². The highest BCUT2D eigenvalue weighted by atomic mass is 32.2. The van der Waals surface area contributed by atoms with Crippen molar-refractivity contribution in [1.29, 1.82) is 0 Å². The van der Waals surface area contributed by atoms with Crippen LogP contribution in [-0.4, -0.2) is 27.1 Å². The van der Waals surface area contributed by atoms with E-state index in [1.165, 1.54) is 0 Å². The molecule has 0 radical (unpaired) electrons. The molecule has 1 aromatic rings. The largest absolute Gasteiger partial charge is 0.466 e. The lowest BCUT2D eigenvalue weighted by atomic mass is 9.85. The van der Waals surface area contributed by atoms with Gasteiger partial charge in [-0.3, -0.25) is 8.98 Å². The van der Waals surface area contributed by atoms with Crippen molar-refractivity contribution in [2.45, 2.75) is 56.2 Å². The van der Waals surface area contributed by atoms with E-state index in [1.54, 1.807) is 6.92 Å². The Balaban J connectivity index is 1.91. The van der Waals surface area contributed by atoms with Gasteiger partial charge in [-0.25, -0.2) is 0 Å². The molecule has 0 aromatic heterocycles. The zero-order valence-electron chi connectivity index (χ0n) is 14.3. The van der Waals surface area contributed by atoms with Gasteiger partial charge in [-0.2, -0.15) is 21.6 Å². The van der Waals surface area contributed by atoms with E-state index in [0.29, 0.717) is 50.8 Å². The molecule has 26 heavy (non-hydrogen) atoms. The second-order valence-electron chi connectivity index (χ2n) is 6.22. The maximum Gasteiger partial charge on any atom is 0.416 e. The van der Waals surface area contributed by atoms with Crippen LogP contribution in [0, 0.1) is 5.92 Å². The van der Waals surface area contributed by atoms with Gasteiger partial charge < -0.3 is 4.74 Å². The van der Waals surface area contributed by atoms with Crippen LogP contribution < -0.4 is 0 Å². The van der Waals surface area contributed by atoms with Gasteiger partial charge in [-0.15, -0.1) is 0 Å². The molecule has 0 heterocycles. The molecule has 1 aliphatic rings. The third-order valence-electron chi connectivity index (χ3n) is 4.29. The average Bonchev–Trinajstić information content (AvgIpc) is 2.56. The van der Waals surface area contributed by atoms with Crippen molar-refractivity contribution in [1.82, 2.24) is 0 Å². The Bertz CT molecular complexity index is 705. The summed E-state index contributed by atoms with van der Waals surface area (Å²) >= 11 is 0. The van der Waals surface area contributed by atoms with Crippen LogP contribution in [0.3, 0.4) is 0 Å². The van der Waals surface area contributed by atoms with E-state index in [0.717, 1.165) is 12.1 Å². The van der Waals surface area contributed by atoms with Crippen LogP contribution >= 0.6 is 0 Å². The normalized spacial score (nSPS) is 21.4. The fourth-order valence-electron chi connectivity index (χ4n) is 2.93. The molecular weight excluding hydrogens is 373 g/mol. The van der Waals surface area contributed by atoms with Gasteiger partial charge in [0.25, 0.3) is 10.1 Å². The molecule has 1 aromatic carbocycles. The Labute approximate surface area is 150 Å². The molecule has 2 rings (SSSR count). The third-order valence-corrected chi connectivity index (χ3v) is 5.66. The Morgan fingerprint density at radius 1 is 1.12 bits per heavy atom. The van der Waals surface area contributed by atoms with E-state index < -0.39 is 28.0 Å². The SMILES string of the molecule is CCOC(=O)CC1CCC(OS(=O)(=O)c2ccc(C(F)(F)F)cc2)CC1. The molecule has 0 amide bonds. The van der Waals surface area contributed by atoms with E-state index in [9.17, 15) is 26.4 Å². The Hall–Kier alpha value is -1.61. The van der Waals surface area contributed by atoms with Crippen molar-refractivity contribution in [3.05, 3.63) is 29.8 Å². The summed E-state index contributed by atoms with van der Waals surface area (Å²) < 4.78 is 72.2. The molecular formula is C17H21F3O5S. The lowest BCUT2D eigenvalue weighted by Crippen LogP contribution is -2.26. The number of esters is 1. The number of benzene rings is 1. The quantitative estimate of drug-likeness (QED) is 0.540. The minimum atomic E-state index is -4.53. The molecule has 0 saturated heterocycles. The highest BCUT2D eigenvalue weighted by molar-refractivity contribution is 7.86. The summed E-state index contributed by atoms with van der Waals surface area (Å²) in [4.78, 5) is 11.2. The number of halogens is 3. The molecule has 1 aliphatic carbocycles. The van der Waals surface area contributed by atoms with Crippen molar-refractivity contribution >= 4 is 16.1 Å². The van der Waals surface area contributed by atoms with Gasteiger partial charge in [0.05, 0.1) is 23.2 Å². The van der Waals surface area contributed by atoms with E-state index in [1.807, 2.05) is 0 Å². The highest BCUT2D eigenvalue weighted by Crippen LogP contribution is 2.32. The number of hydrogen-bond donors (Lipinski definition) is 0. The number of ether oxygens (including phenoxy) is 1. The minimum Gasteiger partial charge on any atom is -0.466 e. The van der Waals surface area contributed by atoms with Crippen LogP contribution in [0.2, 0.25) is 0 Å². The van der Waals surface area contributed by atoms with Gasteiger partial charge in [-0.1, -0.05) is 0 Å². The molecule has 0 spiro atoms. The topological polar surface area (TPSA) is 69.7 Å². The molecule has 0 atom stereocenters. The zero-order valence-corrected chi connectivity index (χ0v) is 15.1. The van der Waals surface area contributed by atoms with Crippen LogP contribution in [0.5, 0.6) is 0 Å². The number of rotatable bonds is 6. The van der Waals surface area contributed by atoms with E-state index in [4.69, 9.17) is 8.92 Å². The number of hydrogen-bond acceptors (Lipinski definition) is 5. The average molecular weight is 394 g/mol. The Kier molecular flexibility index (Phi) is 6.68. The summed E-state index contributed by atoms with van der Waals surface area (Å²) in [6.45, 7) is 2.05. The molecule has 146 valence electrons. The Morgan fingerprint density at radius 2 is 1.69 bits per heavy atom. The van der Waals surface area contributed by atoms with Crippen molar-refractivity contribution in [3.63, 3.8) is 0 Å². The number of alkyl halides is 3. The first kappa shape index (κ1) is 20.7. The van der Waals surface area contributed by atoms with Crippen molar-refractivity contribution in [3.8, 4) is 0 Å². The second-order valence-corrected chi connectivity index (χ2v) is 7.80. The summed E-state index contributed by atoms with van der Waals surface area (Å²) in [6.07, 6.45) is -2.58. The van der Waals surface area contributed by atoms with Gasteiger partial charge in [-0.05, 0) is 62.8 Å². The fraction of sp³-hybridized carbons (Fsp3) is 0.588. The maximum atomic E-state index is 12.6. The lowest BCUT2D eigenvalue weighted by Gasteiger charge is -2.27. The van der Waals surface area contributed by atoms with E-state index in [2.05, 4.69) is 0 Å². The zero-order chi connectivity index (χ0) is 19.4. The second kappa shape index (κ2) is 8.39. The molecule has 0 aliphatic heterocycles. The maximum absolute atomic E-state index is 12.6. The smallest absolute Gasteiger partial charge is 0.416 e.